The van der Waals surface area contributed by atoms with Crippen molar-refractivity contribution >= 4 is 6.16 Å². The Kier molecular flexibility index (Phi) is 8.64. The van der Waals surface area contributed by atoms with Crippen LogP contribution < -0.4 is 29.1 Å². The molecule has 7 heavy (non-hydrogen) atoms. The van der Waals surface area contributed by atoms with Crippen LogP contribution in [0.15, 0.2) is 0 Å². The molecule has 0 saturated heterocycles. The molecule has 44 valence electrons. The highest BCUT2D eigenvalue weighted by atomic mass is 127. The van der Waals surface area contributed by atoms with Gasteiger partial charge in [-0.2, -0.15) is 0 Å². The van der Waals surface area contributed by atoms with Crippen LogP contribution in [0.1, 0.15) is 6.92 Å². The van der Waals surface area contributed by atoms with E-state index in [0.29, 0.717) is 0 Å². The standard InChI is InChI=1S/C3H6O3.H2I/c1-2-6-3(4)5;/h2H2,1H3,(H,4,5);1H2/q;+1/p-1. The highest BCUT2D eigenvalue weighted by Crippen LogP contribution is 1.65. The third-order valence-corrected chi connectivity index (χ3v) is 0.262. The lowest BCUT2D eigenvalue weighted by atomic mass is 10.9. The largest absolute Gasteiger partial charge is 0.550 e. The molecule has 0 saturated carbocycles. The Labute approximate surface area is 58.7 Å². The van der Waals surface area contributed by atoms with Crippen LogP contribution in [0.5, 0.6) is 0 Å². The van der Waals surface area contributed by atoms with Crippen LogP contribution in [0.4, 0.5) is 4.79 Å². The Morgan fingerprint density at radius 1 is 1.86 bits per heavy atom. The third kappa shape index (κ3) is 10.7. The van der Waals surface area contributed by atoms with Crippen LogP contribution in [0.2, 0.25) is 0 Å². The molecule has 0 spiro atoms. The minimum absolute atomic E-state index is 0. The fourth-order valence-electron chi connectivity index (χ4n) is 0.118. The van der Waals surface area contributed by atoms with E-state index in [0.717, 1.165) is 0 Å². The summed E-state index contributed by atoms with van der Waals surface area (Å²) in [6, 6.07) is 0. The van der Waals surface area contributed by atoms with Crippen LogP contribution in [0.25, 0.3) is 0 Å². The van der Waals surface area contributed by atoms with Gasteiger partial charge in [-0.3, -0.25) is 0 Å². The van der Waals surface area contributed by atoms with Crippen LogP contribution in [0, 0.1) is 0 Å². The van der Waals surface area contributed by atoms with Gasteiger partial charge in [0, 0.05) is 6.61 Å². The van der Waals surface area contributed by atoms with Crippen molar-refractivity contribution in [3.8, 4) is 0 Å². The van der Waals surface area contributed by atoms with Crippen molar-refractivity contribution in [2.24, 2.45) is 0 Å². The van der Waals surface area contributed by atoms with Gasteiger partial charge in [0.15, 0.2) is 0 Å². The fraction of sp³-hybridized carbons (Fsp3) is 0.667. The molecule has 0 aliphatic heterocycles. The first-order valence-electron chi connectivity index (χ1n) is 1.61. The summed E-state index contributed by atoms with van der Waals surface area (Å²) in [5, 5.41) is 9.27. The van der Waals surface area contributed by atoms with Crippen molar-refractivity contribution in [1.82, 2.24) is 0 Å². The molecule has 4 heteroatoms. The molecule has 0 aromatic heterocycles. The summed E-state index contributed by atoms with van der Waals surface area (Å²) in [6.45, 7) is 1.75. The first-order chi connectivity index (χ1) is 2.77. The van der Waals surface area contributed by atoms with E-state index in [1.807, 2.05) is 0 Å². The number of carbonyl (C=O) groups excluding carboxylic acids is 1. The number of hydrogen-bond donors (Lipinski definition) is 0. The maximum absolute atomic E-state index is 9.27. The summed E-state index contributed by atoms with van der Waals surface area (Å²) >= 11 is 0. The van der Waals surface area contributed by atoms with Gasteiger partial charge in [0.25, 0.3) is 6.16 Å². The minimum atomic E-state index is -1.46. The van der Waals surface area contributed by atoms with Gasteiger partial charge in [-0.25, -0.2) is 0 Å². The Morgan fingerprint density at radius 3 is 2.29 bits per heavy atom. The first-order valence-corrected chi connectivity index (χ1v) is 1.61. The van der Waals surface area contributed by atoms with Gasteiger partial charge in [-0.1, -0.05) is 0 Å². The SMILES string of the molecule is CCOC(=O)[O-].[IH2+]. The summed E-state index contributed by atoms with van der Waals surface area (Å²) in [5.74, 6) is 0. The van der Waals surface area contributed by atoms with Gasteiger partial charge in [0.1, 0.15) is 0 Å². The predicted octanol–water partition coefficient (Wildman–Crippen LogP) is -4.17. The van der Waals surface area contributed by atoms with Crippen LogP contribution in [-0.2, 0) is 4.74 Å². The second-order valence-electron chi connectivity index (χ2n) is 0.683. The number of halogens is 1. The van der Waals surface area contributed by atoms with E-state index in [1.54, 1.807) is 6.92 Å². The van der Waals surface area contributed by atoms with Crippen molar-refractivity contribution in [3.63, 3.8) is 0 Å². The maximum Gasteiger partial charge on any atom is 0.251 e. The summed E-state index contributed by atoms with van der Waals surface area (Å²) in [4.78, 5) is 9.27. The summed E-state index contributed by atoms with van der Waals surface area (Å²) in [5.41, 5.74) is 0. The van der Waals surface area contributed by atoms with E-state index in [2.05, 4.69) is 4.74 Å². The predicted molar refractivity (Wildman–Crippen MR) is 19.8 cm³/mol. The Morgan fingerprint density at radius 2 is 2.29 bits per heavy atom. The molecule has 0 aliphatic carbocycles. The number of ether oxygens (including phenoxy) is 1. The van der Waals surface area contributed by atoms with Crippen LogP contribution in [-0.4, -0.2) is 12.8 Å². The number of carbonyl (C=O) groups is 1. The van der Waals surface area contributed by atoms with E-state index in [9.17, 15) is 9.90 Å². The maximum atomic E-state index is 9.27. The molecule has 0 rings (SSSR count). The second-order valence-corrected chi connectivity index (χ2v) is 0.683. The second kappa shape index (κ2) is 6.00. The van der Waals surface area contributed by atoms with E-state index in [4.69, 9.17) is 0 Å². The molecular weight excluding hydrogens is 211 g/mol. The van der Waals surface area contributed by atoms with Crippen molar-refractivity contribution in [3.05, 3.63) is 0 Å². The van der Waals surface area contributed by atoms with E-state index in [-0.39, 0.29) is 30.6 Å². The highest BCUT2D eigenvalue weighted by Gasteiger charge is 1.70. The molecule has 0 radical (unpaired) electrons. The average Bonchev–Trinajstić information content (AvgIpc) is 1.35. The summed E-state index contributed by atoms with van der Waals surface area (Å²) in [7, 11) is 0. The van der Waals surface area contributed by atoms with Gasteiger partial charge in [-0.15, -0.1) is 0 Å². The van der Waals surface area contributed by atoms with Gasteiger partial charge in [-0.05, 0) is 6.92 Å². The molecule has 0 aromatic rings. The number of carboxylic acid groups (broad SMARTS) is 1. The van der Waals surface area contributed by atoms with Crippen molar-refractivity contribution in [1.29, 1.82) is 0 Å². The minimum Gasteiger partial charge on any atom is -0.550 e. The quantitative estimate of drug-likeness (QED) is 0.331. The first kappa shape index (κ1) is 10.1. The third-order valence-electron chi connectivity index (χ3n) is 0.262. The molecule has 0 N–H and O–H groups in total. The molecule has 0 fully saturated rings. The number of hydrogen-bond acceptors (Lipinski definition) is 3. The fourth-order valence-corrected chi connectivity index (χ4v) is 0.118. The van der Waals surface area contributed by atoms with E-state index < -0.39 is 6.16 Å². The van der Waals surface area contributed by atoms with Gasteiger partial charge >= 0.3 is 0 Å². The average molecular weight is 218 g/mol. The monoisotopic (exact) mass is 218 g/mol. The Bertz CT molecular complexity index is 54.1. The number of rotatable bonds is 1. The van der Waals surface area contributed by atoms with Gasteiger partial charge in [0.2, 0.25) is 24.0 Å². The molecule has 0 heterocycles. The van der Waals surface area contributed by atoms with Crippen LogP contribution in [0.3, 0.4) is 0 Å². The van der Waals surface area contributed by atoms with Gasteiger partial charge in [0.05, 0.1) is 0 Å². The lowest BCUT2D eigenvalue weighted by Crippen LogP contribution is -3.00. The van der Waals surface area contributed by atoms with Crippen molar-refractivity contribution in [2.75, 3.05) is 6.61 Å². The zero-order valence-electron chi connectivity index (χ0n) is 3.88. The van der Waals surface area contributed by atoms with E-state index >= 15 is 0 Å². The Hall–Kier alpha value is 0. The molecule has 0 atom stereocenters. The topological polar surface area (TPSA) is 49.4 Å². The zero-order chi connectivity index (χ0) is 4.99. The highest BCUT2D eigenvalue weighted by molar-refractivity contribution is 5.53. The molecule has 0 aromatic carbocycles. The summed E-state index contributed by atoms with van der Waals surface area (Å²) < 4.78 is 3.85. The lowest BCUT2D eigenvalue weighted by Gasteiger charge is -1.99. The molecule has 3 nitrogen and oxygen atoms in total. The molecule has 0 aliphatic rings. The van der Waals surface area contributed by atoms with Crippen LogP contribution >= 0.6 is 0 Å². The lowest BCUT2D eigenvalue weighted by molar-refractivity contribution is -0.282. The smallest absolute Gasteiger partial charge is 0.251 e. The normalized spacial score (nSPS) is 6.43. The van der Waals surface area contributed by atoms with E-state index in [1.165, 1.54) is 0 Å². The zero-order valence-corrected chi connectivity index (χ0v) is 6.43. The Balaban J connectivity index is 0. The molecular formula is C3H7IO3. The molecule has 0 bridgehead atoms. The van der Waals surface area contributed by atoms with Crippen molar-refractivity contribution in [2.45, 2.75) is 6.92 Å². The molecule has 0 amide bonds. The van der Waals surface area contributed by atoms with Crippen molar-refractivity contribution < 1.29 is 38.6 Å². The summed E-state index contributed by atoms with van der Waals surface area (Å²) in [6.07, 6.45) is -1.46. The van der Waals surface area contributed by atoms with Gasteiger partial charge < -0.3 is 14.6 Å². The molecule has 0 unspecified atom stereocenters.